The van der Waals surface area contributed by atoms with Crippen molar-refractivity contribution in [2.45, 2.75) is 25.4 Å². The maximum Gasteiger partial charge on any atom is 0.199 e. The highest BCUT2D eigenvalue weighted by atomic mass is 16.6. The Morgan fingerprint density at radius 2 is 1.04 bits per heavy atom. The van der Waals surface area contributed by atoms with Gasteiger partial charge in [-0.15, -0.1) is 0 Å². The number of hydrogen-bond acceptors (Lipinski definition) is 5. The zero-order chi connectivity index (χ0) is 16.3. The summed E-state index contributed by atoms with van der Waals surface area (Å²) in [5.74, 6) is 1.23. The lowest BCUT2D eigenvalue weighted by molar-refractivity contribution is -0.0587. The zero-order valence-corrected chi connectivity index (χ0v) is 12.9. The average Bonchev–Trinajstić information content (AvgIpc) is 2.56. The molecule has 0 aliphatic rings. The summed E-state index contributed by atoms with van der Waals surface area (Å²) in [6.07, 6.45) is -1.12. The standard InChI is InChI=1S/C18H22O5/c19-17(22-15-7-3-1-4-8-15)11-13-21-14-12-18(20)23-16-9-5-2-6-10-16/h1-10,17-20H,11-14H2. The first-order valence-corrected chi connectivity index (χ1v) is 7.61. The average molecular weight is 318 g/mol. The van der Waals surface area contributed by atoms with Crippen LogP contribution in [-0.4, -0.2) is 36.0 Å². The third-order valence-corrected chi connectivity index (χ3v) is 3.05. The first kappa shape index (κ1) is 17.3. The van der Waals surface area contributed by atoms with Gasteiger partial charge in [-0.25, -0.2) is 0 Å². The van der Waals surface area contributed by atoms with Crippen LogP contribution in [0.4, 0.5) is 0 Å². The van der Waals surface area contributed by atoms with Crippen molar-refractivity contribution in [3.05, 3.63) is 60.7 Å². The number of hydrogen-bond donors (Lipinski definition) is 2. The van der Waals surface area contributed by atoms with Crippen molar-refractivity contribution in [1.29, 1.82) is 0 Å². The van der Waals surface area contributed by atoms with Gasteiger partial charge in [-0.1, -0.05) is 36.4 Å². The monoisotopic (exact) mass is 318 g/mol. The van der Waals surface area contributed by atoms with Crippen LogP contribution in [0.3, 0.4) is 0 Å². The molecule has 0 radical (unpaired) electrons. The lowest BCUT2D eigenvalue weighted by Crippen LogP contribution is -2.20. The van der Waals surface area contributed by atoms with Crippen LogP contribution in [0.5, 0.6) is 11.5 Å². The molecule has 2 aromatic rings. The summed E-state index contributed by atoms with van der Waals surface area (Å²) < 4.78 is 16.0. The fourth-order valence-electron chi connectivity index (χ4n) is 1.90. The predicted molar refractivity (Wildman–Crippen MR) is 86.2 cm³/mol. The number of para-hydroxylation sites is 2. The van der Waals surface area contributed by atoms with E-state index in [1.807, 2.05) is 36.4 Å². The normalized spacial score (nSPS) is 13.3. The molecule has 23 heavy (non-hydrogen) atoms. The molecule has 5 nitrogen and oxygen atoms in total. The SMILES string of the molecule is OC(CCOCCC(O)Oc1ccccc1)Oc1ccccc1. The van der Waals surface area contributed by atoms with E-state index in [4.69, 9.17) is 14.2 Å². The minimum atomic E-state index is -0.914. The highest BCUT2D eigenvalue weighted by Gasteiger charge is 2.08. The fourth-order valence-corrected chi connectivity index (χ4v) is 1.90. The summed E-state index contributed by atoms with van der Waals surface area (Å²) in [6, 6.07) is 18.2. The van der Waals surface area contributed by atoms with Gasteiger partial charge in [0.25, 0.3) is 0 Å². The molecule has 0 aromatic heterocycles. The Bertz CT molecular complexity index is 482. The largest absolute Gasteiger partial charge is 0.465 e. The minimum absolute atomic E-state index is 0.339. The molecule has 0 spiro atoms. The van der Waals surface area contributed by atoms with Gasteiger partial charge in [0.15, 0.2) is 12.6 Å². The third-order valence-electron chi connectivity index (χ3n) is 3.05. The Morgan fingerprint density at radius 1 is 0.652 bits per heavy atom. The molecule has 0 amide bonds. The number of aliphatic hydroxyl groups excluding tert-OH is 2. The Balaban J connectivity index is 1.53. The van der Waals surface area contributed by atoms with E-state index in [0.29, 0.717) is 37.6 Å². The summed E-state index contributed by atoms with van der Waals surface area (Å²) in [6.45, 7) is 0.679. The molecule has 124 valence electrons. The van der Waals surface area contributed by atoms with Gasteiger partial charge >= 0.3 is 0 Å². The number of ether oxygens (including phenoxy) is 3. The van der Waals surface area contributed by atoms with E-state index >= 15 is 0 Å². The Morgan fingerprint density at radius 3 is 1.43 bits per heavy atom. The smallest absolute Gasteiger partial charge is 0.199 e. The quantitative estimate of drug-likeness (QED) is 0.520. The summed E-state index contributed by atoms with van der Waals surface area (Å²) >= 11 is 0. The van der Waals surface area contributed by atoms with Gasteiger partial charge in [0.1, 0.15) is 11.5 Å². The van der Waals surface area contributed by atoms with Gasteiger partial charge < -0.3 is 24.4 Å². The maximum absolute atomic E-state index is 9.73. The summed E-state index contributed by atoms with van der Waals surface area (Å²) in [5, 5.41) is 19.5. The molecule has 2 unspecified atom stereocenters. The van der Waals surface area contributed by atoms with E-state index in [2.05, 4.69) is 0 Å². The molecule has 0 saturated heterocycles. The van der Waals surface area contributed by atoms with Gasteiger partial charge in [0.05, 0.1) is 13.2 Å². The van der Waals surface area contributed by atoms with Crippen molar-refractivity contribution in [1.82, 2.24) is 0 Å². The van der Waals surface area contributed by atoms with Gasteiger partial charge in [0.2, 0.25) is 0 Å². The second-order valence-corrected chi connectivity index (χ2v) is 4.96. The van der Waals surface area contributed by atoms with Crippen LogP contribution in [0.2, 0.25) is 0 Å². The van der Waals surface area contributed by atoms with E-state index in [1.165, 1.54) is 0 Å². The number of aliphatic hydroxyl groups is 2. The molecule has 0 heterocycles. The predicted octanol–water partition coefficient (Wildman–Crippen LogP) is 2.58. The fraction of sp³-hybridized carbons (Fsp3) is 0.333. The second-order valence-electron chi connectivity index (χ2n) is 4.96. The van der Waals surface area contributed by atoms with E-state index in [0.717, 1.165) is 0 Å². The molecule has 2 rings (SSSR count). The lowest BCUT2D eigenvalue weighted by Gasteiger charge is -2.15. The lowest BCUT2D eigenvalue weighted by atomic mass is 10.3. The molecule has 0 fully saturated rings. The number of rotatable bonds is 10. The molecule has 2 N–H and O–H groups in total. The topological polar surface area (TPSA) is 68.2 Å². The highest BCUT2D eigenvalue weighted by Crippen LogP contribution is 2.12. The van der Waals surface area contributed by atoms with Gasteiger partial charge in [-0.05, 0) is 24.3 Å². The van der Waals surface area contributed by atoms with E-state index in [1.54, 1.807) is 24.3 Å². The molecule has 2 aromatic carbocycles. The Hall–Kier alpha value is -2.08. The van der Waals surface area contributed by atoms with Crippen LogP contribution >= 0.6 is 0 Å². The van der Waals surface area contributed by atoms with Crippen molar-refractivity contribution in [3.63, 3.8) is 0 Å². The van der Waals surface area contributed by atoms with Crippen molar-refractivity contribution >= 4 is 0 Å². The van der Waals surface area contributed by atoms with E-state index in [-0.39, 0.29) is 0 Å². The first-order chi connectivity index (χ1) is 11.2. The molecule has 0 bridgehead atoms. The summed E-state index contributed by atoms with van der Waals surface area (Å²) in [5.41, 5.74) is 0. The molecular weight excluding hydrogens is 296 g/mol. The summed E-state index contributed by atoms with van der Waals surface area (Å²) in [7, 11) is 0. The summed E-state index contributed by atoms with van der Waals surface area (Å²) in [4.78, 5) is 0. The Labute approximate surface area is 136 Å². The molecule has 5 heteroatoms. The van der Waals surface area contributed by atoms with Crippen molar-refractivity contribution in [3.8, 4) is 11.5 Å². The molecule has 0 aliphatic heterocycles. The van der Waals surface area contributed by atoms with Crippen molar-refractivity contribution < 1.29 is 24.4 Å². The van der Waals surface area contributed by atoms with Crippen molar-refractivity contribution in [2.75, 3.05) is 13.2 Å². The van der Waals surface area contributed by atoms with E-state index in [9.17, 15) is 10.2 Å². The third kappa shape index (κ3) is 7.15. The van der Waals surface area contributed by atoms with Crippen LogP contribution in [0.1, 0.15) is 12.8 Å². The number of benzene rings is 2. The molecule has 0 saturated carbocycles. The highest BCUT2D eigenvalue weighted by molar-refractivity contribution is 5.21. The second kappa shape index (κ2) is 9.84. The molecule has 0 aliphatic carbocycles. The first-order valence-electron chi connectivity index (χ1n) is 7.61. The van der Waals surface area contributed by atoms with E-state index < -0.39 is 12.6 Å². The van der Waals surface area contributed by atoms with Gasteiger partial charge in [0, 0.05) is 12.8 Å². The minimum Gasteiger partial charge on any atom is -0.465 e. The Kier molecular flexibility index (Phi) is 7.39. The van der Waals surface area contributed by atoms with Gasteiger partial charge in [-0.3, -0.25) is 0 Å². The van der Waals surface area contributed by atoms with Crippen molar-refractivity contribution in [2.24, 2.45) is 0 Å². The van der Waals surface area contributed by atoms with Crippen LogP contribution in [0, 0.1) is 0 Å². The maximum atomic E-state index is 9.73. The van der Waals surface area contributed by atoms with Crippen LogP contribution in [0.15, 0.2) is 60.7 Å². The zero-order valence-electron chi connectivity index (χ0n) is 12.9. The van der Waals surface area contributed by atoms with Crippen LogP contribution in [0.25, 0.3) is 0 Å². The molecular formula is C18H22O5. The molecule has 2 atom stereocenters. The van der Waals surface area contributed by atoms with Crippen LogP contribution < -0.4 is 9.47 Å². The van der Waals surface area contributed by atoms with Gasteiger partial charge in [-0.2, -0.15) is 0 Å². The van der Waals surface area contributed by atoms with Crippen LogP contribution in [-0.2, 0) is 4.74 Å².